The number of aryl methyl sites for hydroxylation is 1. The summed E-state index contributed by atoms with van der Waals surface area (Å²) in [6, 6.07) is 7.79. The number of Topliss-reactive ketones (excluding diaryl/α,β-unsaturated/α-hetero) is 1. The second-order valence-electron chi connectivity index (χ2n) is 5.35. The van der Waals surface area contributed by atoms with Gasteiger partial charge in [-0.25, -0.2) is 4.39 Å². The van der Waals surface area contributed by atoms with Crippen LogP contribution in [0, 0.1) is 12.7 Å². The van der Waals surface area contributed by atoms with Crippen LogP contribution in [0.1, 0.15) is 21.5 Å². The number of ether oxygens (including phenoxy) is 1. The van der Waals surface area contributed by atoms with Crippen LogP contribution in [-0.2, 0) is 6.42 Å². The van der Waals surface area contributed by atoms with E-state index in [-0.39, 0.29) is 12.2 Å². The first-order valence-corrected chi connectivity index (χ1v) is 7.51. The van der Waals surface area contributed by atoms with Crippen molar-refractivity contribution < 1.29 is 13.9 Å². The van der Waals surface area contributed by atoms with E-state index < -0.39 is 5.82 Å². The Hall–Kier alpha value is -2.33. The maximum atomic E-state index is 13.3. The minimum Gasteiger partial charge on any atom is -0.496 e. The summed E-state index contributed by atoms with van der Waals surface area (Å²) in [6.45, 7) is 1.90. The van der Waals surface area contributed by atoms with Crippen LogP contribution in [0.15, 0.2) is 36.5 Å². The zero-order valence-corrected chi connectivity index (χ0v) is 13.5. The second kappa shape index (κ2) is 6.05. The maximum Gasteiger partial charge on any atom is 0.169 e. The standard InChI is InChI=1S/C18H15ClFNO2/c1-10-15(19)6-5-13-14(9-21-18(10)13)16(22)7-11-3-4-12(20)8-17(11)23-2/h3-6,8-9,21H,7H2,1-2H3. The molecule has 5 heteroatoms. The van der Waals surface area contributed by atoms with E-state index in [4.69, 9.17) is 16.3 Å². The van der Waals surface area contributed by atoms with Crippen LogP contribution < -0.4 is 4.74 Å². The van der Waals surface area contributed by atoms with Crippen LogP contribution in [0.5, 0.6) is 5.75 Å². The van der Waals surface area contributed by atoms with Gasteiger partial charge in [0.25, 0.3) is 0 Å². The van der Waals surface area contributed by atoms with Crippen molar-refractivity contribution in [3.63, 3.8) is 0 Å². The van der Waals surface area contributed by atoms with Crippen molar-refractivity contribution in [2.45, 2.75) is 13.3 Å². The highest BCUT2D eigenvalue weighted by Crippen LogP contribution is 2.28. The topological polar surface area (TPSA) is 42.1 Å². The van der Waals surface area contributed by atoms with E-state index in [0.29, 0.717) is 21.9 Å². The Labute approximate surface area is 138 Å². The number of halogens is 2. The molecule has 0 aliphatic heterocycles. The van der Waals surface area contributed by atoms with Gasteiger partial charge in [0.05, 0.1) is 12.6 Å². The van der Waals surface area contributed by atoms with E-state index in [2.05, 4.69) is 4.98 Å². The van der Waals surface area contributed by atoms with Gasteiger partial charge in [-0.2, -0.15) is 0 Å². The maximum absolute atomic E-state index is 13.3. The van der Waals surface area contributed by atoms with E-state index >= 15 is 0 Å². The molecule has 3 nitrogen and oxygen atoms in total. The highest BCUT2D eigenvalue weighted by molar-refractivity contribution is 6.32. The molecule has 2 aromatic carbocycles. The molecule has 0 amide bonds. The first-order valence-electron chi connectivity index (χ1n) is 7.13. The van der Waals surface area contributed by atoms with Gasteiger partial charge >= 0.3 is 0 Å². The Kier molecular flexibility index (Phi) is 4.09. The molecule has 3 aromatic rings. The molecule has 0 aliphatic rings. The summed E-state index contributed by atoms with van der Waals surface area (Å²) in [5.74, 6) is -0.0873. The van der Waals surface area contributed by atoms with Gasteiger partial charge in [0.1, 0.15) is 11.6 Å². The third-order valence-corrected chi connectivity index (χ3v) is 4.36. The number of hydrogen-bond donors (Lipinski definition) is 1. The lowest BCUT2D eigenvalue weighted by molar-refractivity contribution is 0.0993. The fraction of sp³-hybridized carbons (Fsp3) is 0.167. The highest BCUT2D eigenvalue weighted by Gasteiger charge is 2.16. The van der Waals surface area contributed by atoms with Crippen LogP contribution in [0.4, 0.5) is 4.39 Å². The Morgan fingerprint density at radius 1 is 1.30 bits per heavy atom. The number of aromatic amines is 1. The zero-order valence-electron chi connectivity index (χ0n) is 12.7. The summed E-state index contributed by atoms with van der Waals surface area (Å²) in [4.78, 5) is 15.7. The van der Waals surface area contributed by atoms with Gasteiger partial charge in [-0.1, -0.05) is 23.7 Å². The van der Waals surface area contributed by atoms with Crippen LogP contribution >= 0.6 is 11.6 Å². The highest BCUT2D eigenvalue weighted by atomic mass is 35.5. The van der Waals surface area contributed by atoms with Crippen LogP contribution in [0.25, 0.3) is 10.9 Å². The number of benzene rings is 2. The third-order valence-electron chi connectivity index (χ3n) is 3.95. The Morgan fingerprint density at radius 2 is 2.09 bits per heavy atom. The number of methoxy groups -OCH3 is 1. The molecule has 0 radical (unpaired) electrons. The van der Waals surface area contributed by atoms with Crippen molar-refractivity contribution in [1.29, 1.82) is 0 Å². The van der Waals surface area contributed by atoms with Crippen LogP contribution in [0.3, 0.4) is 0 Å². The summed E-state index contributed by atoms with van der Waals surface area (Å²) < 4.78 is 18.4. The first kappa shape index (κ1) is 15.6. The number of hydrogen-bond acceptors (Lipinski definition) is 2. The molecule has 3 rings (SSSR count). The molecule has 0 saturated heterocycles. The summed E-state index contributed by atoms with van der Waals surface area (Å²) in [5, 5.41) is 1.48. The van der Waals surface area contributed by atoms with E-state index in [1.165, 1.54) is 19.2 Å². The molecular weight excluding hydrogens is 317 g/mol. The summed E-state index contributed by atoms with van der Waals surface area (Å²) in [5.41, 5.74) is 3.00. The fourth-order valence-electron chi connectivity index (χ4n) is 2.68. The average molecular weight is 332 g/mol. The molecule has 23 heavy (non-hydrogen) atoms. The van der Waals surface area contributed by atoms with Crippen molar-refractivity contribution in [2.24, 2.45) is 0 Å². The summed E-state index contributed by atoms with van der Waals surface area (Å²) >= 11 is 6.10. The van der Waals surface area contributed by atoms with Crippen molar-refractivity contribution in [1.82, 2.24) is 4.98 Å². The molecule has 0 fully saturated rings. The monoisotopic (exact) mass is 331 g/mol. The van der Waals surface area contributed by atoms with Crippen molar-refractivity contribution in [3.05, 3.63) is 64.1 Å². The number of aromatic nitrogens is 1. The van der Waals surface area contributed by atoms with Crippen molar-refractivity contribution >= 4 is 28.3 Å². The van der Waals surface area contributed by atoms with E-state index in [1.54, 1.807) is 18.3 Å². The Balaban J connectivity index is 1.97. The van der Waals surface area contributed by atoms with E-state index in [0.717, 1.165) is 16.5 Å². The lowest BCUT2D eigenvalue weighted by atomic mass is 10.0. The van der Waals surface area contributed by atoms with E-state index in [9.17, 15) is 9.18 Å². The van der Waals surface area contributed by atoms with Gasteiger partial charge in [-0.3, -0.25) is 4.79 Å². The van der Waals surface area contributed by atoms with Gasteiger partial charge in [-0.15, -0.1) is 0 Å². The molecule has 0 aliphatic carbocycles. The Bertz CT molecular complexity index is 901. The van der Waals surface area contributed by atoms with Gasteiger partial charge in [0.2, 0.25) is 0 Å². The predicted octanol–water partition coefficient (Wildman–Crippen LogP) is 4.70. The van der Waals surface area contributed by atoms with Gasteiger partial charge in [0.15, 0.2) is 5.78 Å². The molecule has 1 heterocycles. The Morgan fingerprint density at radius 3 is 2.83 bits per heavy atom. The molecule has 118 valence electrons. The number of carbonyl (C=O) groups excluding carboxylic acids is 1. The number of ketones is 1. The van der Waals surface area contributed by atoms with Crippen LogP contribution in [-0.4, -0.2) is 17.9 Å². The van der Waals surface area contributed by atoms with Crippen molar-refractivity contribution in [2.75, 3.05) is 7.11 Å². The quantitative estimate of drug-likeness (QED) is 0.704. The molecule has 1 N–H and O–H groups in total. The molecule has 0 bridgehead atoms. The number of carbonyl (C=O) groups is 1. The number of nitrogens with one attached hydrogen (secondary N) is 1. The predicted molar refractivity (Wildman–Crippen MR) is 89.0 cm³/mol. The van der Waals surface area contributed by atoms with Crippen molar-refractivity contribution in [3.8, 4) is 5.75 Å². The first-order chi connectivity index (χ1) is 11.0. The lowest BCUT2D eigenvalue weighted by Gasteiger charge is -2.08. The molecule has 0 saturated carbocycles. The number of H-pyrrole nitrogens is 1. The van der Waals surface area contributed by atoms with Crippen LogP contribution in [0.2, 0.25) is 5.02 Å². The second-order valence-corrected chi connectivity index (χ2v) is 5.76. The lowest BCUT2D eigenvalue weighted by Crippen LogP contribution is -2.04. The molecular formula is C18H15ClFNO2. The molecule has 0 spiro atoms. The smallest absolute Gasteiger partial charge is 0.169 e. The minimum absolute atomic E-state index is 0.0668. The third kappa shape index (κ3) is 2.82. The summed E-state index contributed by atoms with van der Waals surface area (Å²) in [7, 11) is 1.46. The molecule has 0 atom stereocenters. The number of rotatable bonds is 4. The normalized spacial score (nSPS) is 11.0. The SMILES string of the molecule is COc1cc(F)ccc1CC(=O)c1c[nH]c2c(C)c(Cl)ccc12. The van der Waals surface area contributed by atoms with E-state index in [1.807, 2.05) is 13.0 Å². The summed E-state index contributed by atoms with van der Waals surface area (Å²) in [6.07, 6.45) is 1.82. The fourth-order valence-corrected chi connectivity index (χ4v) is 2.84. The van der Waals surface area contributed by atoms with Gasteiger partial charge < -0.3 is 9.72 Å². The minimum atomic E-state index is -0.393. The van der Waals surface area contributed by atoms with Gasteiger partial charge in [-0.05, 0) is 24.6 Å². The average Bonchev–Trinajstić information content (AvgIpc) is 2.97. The van der Waals surface area contributed by atoms with Gasteiger partial charge in [0, 0.05) is 40.2 Å². The molecule has 1 aromatic heterocycles. The number of fused-ring (bicyclic) bond motifs is 1. The molecule has 0 unspecified atom stereocenters. The largest absolute Gasteiger partial charge is 0.496 e. The zero-order chi connectivity index (χ0) is 16.6.